The third kappa shape index (κ3) is 5.37. The Hall–Kier alpha value is -1.58. The van der Waals surface area contributed by atoms with Crippen molar-refractivity contribution in [1.29, 1.82) is 0 Å². The maximum absolute atomic E-state index is 13.4. The first-order valence-electron chi connectivity index (χ1n) is 5.93. The van der Waals surface area contributed by atoms with Crippen LogP contribution in [-0.2, 0) is 19.6 Å². The molecule has 1 aromatic rings. The summed E-state index contributed by atoms with van der Waals surface area (Å²) in [5.74, 6) is -2.72. The first-order valence-corrected chi connectivity index (χ1v) is 7.78. The van der Waals surface area contributed by atoms with E-state index in [2.05, 4.69) is 0 Å². The van der Waals surface area contributed by atoms with Crippen molar-refractivity contribution < 1.29 is 26.7 Å². The lowest BCUT2D eigenvalue weighted by Gasteiger charge is -2.19. The summed E-state index contributed by atoms with van der Waals surface area (Å²) < 4.78 is 55.4. The van der Waals surface area contributed by atoms with Gasteiger partial charge in [-0.3, -0.25) is 4.79 Å². The van der Waals surface area contributed by atoms with Crippen molar-refractivity contribution in [2.45, 2.75) is 0 Å². The molecule has 1 N–H and O–H groups in total. The molecule has 0 aliphatic heterocycles. The molecule has 0 aromatic heterocycles. The number of carbonyl (C=O) groups is 1. The second-order valence-electron chi connectivity index (χ2n) is 4.23. The van der Waals surface area contributed by atoms with Gasteiger partial charge in [0.1, 0.15) is 17.3 Å². The minimum absolute atomic E-state index is 0.0392. The van der Waals surface area contributed by atoms with Crippen LogP contribution in [0.25, 0.3) is 0 Å². The standard InChI is InChI=1S/C12H16F2N2O4S/c1-20-7-6-16(21(2,18)19)8-11(17)15-12-9(13)4-3-5-10(12)14/h3-5H,6-8H2,1-2H3,(H,15,17). The van der Waals surface area contributed by atoms with Crippen LogP contribution < -0.4 is 5.32 Å². The molecule has 0 spiro atoms. The van der Waals surface area contributed by atoms with E-state index in [1.165, 1.54) is 7.11 Å². The van der Waals surface area contributed by atoms with Crippen molar-refractivity contribution in [2.75, 3.05) is 38.4 Å². The SMILES string of the molecule is COCCN(CC(=O)Nc1c(F)cccc1F)S(C)(=O)=O. The van der Waals surface area contributed by atoms with E-state index in [0.717, 1.165) is 28.8 Å². The maximum Gasteiger partial charge on any atom is 0.239 e. The number of hydrogen-bond acceptors (Lipinski definition) is 4. The van der Waals surface area contributed by atoms with Crippen molar-refractivity contribution in [2.24, 2.45) is 0 Å². The van der Waals surface area contributed by atoms with E-state index in [1.807, 2.05) is 5.32 Å². The van der Waals surface area contributed by atoms with Crippen LogP contribution in [0.1, 0.15) is 0 Å². The number of ether oxygens (including phenoxy) is 1. The van der Waals surface area contributed by atoms with Gasteiger partial charge in [-0.1, -0.05) is 6.07 Å². The summed E-state index contributed by atoms with van der Waals surface area (Å²) in [4.78, 5) is 11.7. The molecule has 0 heterocycles. The summed E-state index contributed by atoms with van der Waals surface area (Å²) in [6.07, 6.45) is 0.930. The number of rotatable bonds is 7. The Morgan fingerprint density at radius 2 is 1.90 bits per heavy atom. The largest absolute Gasteiger partial charge is 0.383 e. The van der Waals surface area contributed by atoms with Crippen LogP contribution in [0.4, 0.5) is 14.5 Å². The maximum atomic E-state index is 13.4. The Bertz CT molecular complexity index is 587. The van der Waals surface area contributed by atoms with Crippen molar-refractivity contribution in [3.63, 3.8) is 0 Å². The smallest absolute Gasteiger partial charge is 0.239 e. The van der Waals surface area contributed by atoms with E-state index in [-0.39, 0.29) is 13.2 Å². The molecule has 118 valence electrons. The van der Waals surface area contributed by atoms with Gasteiger partial charge in [0.25, 0.3) is 0 Å². The minimum atomic E-state index is -3.64. The van der Waals surface area contributed by atoms with Gasteiger partial charge >= 0.3 is 0 Å². The van der Waals surface area contributed by atoms with Crippen molar-refractivity contribution in [3.8, 4) is 0 Å². The third-order valence-corrected chi connectivity index (χ3v) is 3.81. The molecular weight excluding hydrogens is 306 g/mol. The zero-order valence-electron chi connectivity index (χ0n) is 11.6. The zero-order valence-corrected chi connectivity index (χ0v) is 12.4. The van der Waals surface area contributed by atoms with Crippen LogP contribution in [0.2, 0.25) is 0 Å². The van der Waals surface area contributed by atoms with Crippen LogP contribution in [0, 0.1) is 11.6 Å². The highest BCUT2D eigenvalue weighted by atomic mass is 32.2. The van der Waals surface area contributed by atoms with Crippen LogP contribution in [0.3, 0.4) is 0 Å². The summed E-state index contributed by atoms with van der Waals surface area (Å²) >= 11 is 0. The molecule has 1 rings (SSSR count). The van der Waals surface area contributed by atoms with Gasteiger partial charge in [0.2, 0.25) is 15.9 Å². The topological polar surface area (TPSA) is 75.7 Å². The number of amides is 1. The molecule has 0 saturated heterocycles. The number of carbonyl (C=O) groups excluding carboxylic acids is 1. The molecule has 0 saturated carbocycles. The molecule has 0 aliphatic carbocycles. The molecule has 1 aromatic carbocycles. The fourth-order valence-electron chi connectivity index (χ4n) is 1.51. The van der Waals surface area contributed by atoms with Crippen LogP contribution in [0.5, 0.6) is 0 Å². The summed E-state index contributed by atoms with van der Waals surface area (Å²) in [7, 11) is -2.26. The van der Waals surface area contributed by atoms with Crippen LogP contribution in [-0.4, -0.2) is 51.7 Å². The summed E-state index contributed by atoms with van der Waals surface area (Å²) in [6, 6.07) is 3.12. The van der Waals surface area contributed by atoms with Gasteiger partial charge in [0, 0.05) is 13.7 Å². The molecule has 21 heavy (non-hydrogen) atoms. The molecule has 1 amide bonds. The lowest BCUT2D eigenvalue weighted by atomic mass is 10.3. The van der Waals surface area contributed by atoms with E-state index < -0.39 is 39.8 Å². The zero-order chi connectivity index (χ0) is 16.0. The molecule has 9 heteroatoms. The van der Waals surface area contributed by atoms with E-state index in [1.54, 1.807) is 0 Å². The number of hydrogen-bond donors (Lipinski definition) is 1. The fourth-order valence-corrected chi connectivity index (χ4v) is 2.27. The fraction of sp³-hybridized carbons (Fsp3) is 0.417. The number of benzene rings is 1. The van der Waals surface area contributed by atoms with E-state index >= 15 is 0 Å². The molecule has 0 atom stereocenters. The predicted molar refractivity (Wildman–Crippen MR) is 73.3 cm³/mol. The number of anilines is 1. The van der Waals surface area contributed by atoms with E-state index in [0.29, 0.717) is 0 Å². The highest BCUT2D eigenvalue weighted by Gasteiger charge is 2.21. The summed E-state index contributed by atoms with van der Waals surface area (Å²) in [6.45, 7) is -0.507. The Morgan fingerprint density at radius 3 is 2.38 bits per heavy atom. The average molecular weight is 322 g/mol. The number of nitrogens with one attached hydrogen (secondary N) is 1. The van der Waals surface area contributed by atoms with Gasteiger partial charge in [-0.25, -0.2) is 17.2 Å². The predicted octanol–water partition coefficient (Wildman–Crippen LogP) is 0.811. The van der Waals surface area contributed by atoms with Crippen LogP contribution >= 0.6 is 0 Å². The average Bonchev–Trinajstić information content (AvgIpc) is 2.37. The van der Waals surface area contributed by atoms with Gasteiger partial charge in [-0.05, 0) is 12.1 Å². The quantitative estimate of drug-likeness (QED) is 0.806. The molecular formula is C12H16F2N2O4S. The molecule has 0 unspecified atom stereocenters. The second kappa shape index (κ2) is 7.43. The van der Waals surface area contributed by atoms with E-state index in [4.69, 9.17) is 4.74 Å². The number of methoxy groups -OCH3 is 1. The van der Waals surface area contributed by atoms with Gasteiger partial charge < -0.3 is 10.1 Å². The van der Waals surface area contributed by atoms with E-state index in [9.17, 15) is 22.0 Å². The van der Waals surface area contributed by atoms with Crippen molar-refractivity contribution >= 4 is 21.6 Å². The number of sulfonamides is 1. The van der Waals surface area contributed by atoms with Crippen molar-refractivity contribution in [3.05, 3.63) is 29.8 Å². The molecule has 6 nitrogen and oxygen atoms in total. The highest BCUT2D eigenvalue weighted by Crippen LogP contribution is 2.17. The molecule has 0 radical (unpaired) electrons. The second-order valence-corrected chi connectivity index (χ2v) is 6.22. The molecule has 0 fully saturated rings. The molecule has 0 aliphatic rings. The number of halogens is 2. The molecule has 0 bridgehead atoms. The Labute approximate surface area is 121 Å². The number of nitrogens with zero attached hydrogens (tertiary/aromatic N) is 1. The Kier molecular flexibility index (Phi) is 6.19. The van der Waals surface area contributed by atoms with Gasteiger partial charge in [-0.2, -0.15) is 4.31 Å². The third-order valence-electron chi connectivity index (χ3n) is 2.56. The van der Waals surface area contributed by atoms with Crippen molar-refractivity contribution in [1.82, 2.24) is 4.31 Å². The minimum Gasteiger partial charge on any atom is -0.383 e. The van der Waals surface area contributed by atoms with Gasteiger partial charge in [-0.15, -0.1) is 0 Å². The summed E-state index contributed by atoms with van der Waals surface area (Å²) in [5.41, 5.74) is -0.609. The Morgan fingerprint density at radius 1 is 1.33 bits per heavy atom. The Balaban J connectivity index is 2.79. The normalized spacial score (nSPS) is 11.7. The lowest BCUT2D eigenvalue weighted by molar-refractivity contribution is -0.116. The van der Waals surface area contributed by atoms with Crippen LogP contribution in [0.15, 0.2) is 18.2 Å². The highest BCUT2D eigenvalue weighted by molar-refractivity contribution is 7.88. The summed E-state index contributed by atoms with van der Waals surface area (Å²) in [5, 5.41) is 2.02. The first kappa shape index (κ1) is 17.5. The monoisotopic (exact) mass is 322 g/mol. The first-order chi connectivity index (χ1) is 9.75. The number of para-hydroxylation sites is 1. The lowest BCUT2D eigenvalue weighted by Crippen LogP contribution is -2.39. The van der Waals surface area contributed by atoms with Gasteiger partial charge in [0.05, 0.1) is 19.4 Å². The van der Waals surface area contributed by atoms with Gasteiger partial charge in [0.15, 0.2) is 0 Å².